The van der Waals surface area contributed by atoms with Gasteiger partial charge in [-0.05, 0) is 79.4 Å². The number of carbonyl (C=O) groups excluding carboxylic acids is 4. The molecule has 2 aromatic heterocycles. The molecule has 0 aliphatic carbocycles. The fourth-order valence-electron chi connectivity index (χ4n) is 8.23. The number of halogens is 1. The monoisotopic (exact) mass is 832 g/mol. The van der Waals surface area contributed by atoms with Gasteiger partial charge in [-0.1, -0.05) is 18.2 Å². The van der Waals surface area contributed by atoms with E-state index in [2.05, 4.69) is 30.4 Å². The number of benzene rings is 2. The number of likely N-dealkylation sites (tertiary alicyclic amines) is 1. The Bertz CT molecular complexity index is 2310. The van der Waals surface area contributed by atoms with Crippen molar-refractivity contribution in [2.24, 2.45) is 0 Å². The number of nitrogens with zero attached hydrogens (tertiary/aromatic N) is 6. The summed E-state index contributed by atoms with van der Waals surface area (Å²) in [6, 6.07) is 16.5. The molecule has 4 N–H and O–H groups in total. The molecule has 4 amide bonds. The van der Waals surface area contributed by atoms with Gasteiger partial charge in [0, 0.05) is 57.9 Å². The molecule has 0 radical (unpaired) electrons. The number of rotatable bonds is 16. The molecule has 8 rings (SSSR count). The lowest BCUT2D eigenvalue weighted by molar-refractivity contribution is -0.136. The summed E-state index contributed by atoms with van der Waals surface area (Å²) < 4.78 is 25.4. The first kappa shape index (κ1) is 41.4. The highest BCUT2D eigenvalue weighted by Gasteiger charge is 2.44. The fraction of sp³-hybridized carbons (Fsp3) is 0.386. The van der Waals surface area contributed by atoms with Crippen molar-refractivity contribution in [3.05, 3.63) is 101 Å². The predicted octanol–water partition coefficient (Wildman–Crippen LogP) is 4.11. The predicted molar refractivity (Wildman–Crippen MR) is 226 cm³/mol. The lowest BCUT2D eigenvalue weighted by Crippen LogP contribution is -2.54. The van der Waals surface area contributed by atoms with Crippen LogP contribution in [0.5, 0.6) is 0 Å². The molecule has 17 heteroatoms. The summed E-state index contributed by atoms with van der Waals surface area (Å²) in [4.78, 5) is 70.2. The van der Waals surface area contributed by atoms with Crippen molar-refractivity contribution >= 4 is 47.0 Å². The fourth-order valence-corrected chi connectivity index (χ4v) is 8.23. The number of hydrogen-bond acceptors (Lipinski definition) is 12. The van der Waals surface area contributed by atoms with E-state index in [9.17, 15) is 23.6 Å². The molecule has 318 valence electrons. The van der Waals surface area contributed by atoms with Gasteiger partial charge in [0.05, 0.1) is 61.2 Å². The van der Waals surface area contributed by atoms with Crippen LogP contribution in [0.4, 0.5) is 15.9 Å². The number of carbonyl (C=O) groups is 4. The third kappa shape index (κ3) is 9.69. The first-order valence-electron chi connectivity index (χ1n) is 20.8. The van der Waals surface area contributed by atoms with Gasteiger partial charge in [0.15, 0.2) is 0 Å². The first-order valence-corrected chi connectivity index (χ1v) is 20.8. The molecule has 3 fully saturated rings. The van der Waals surface area contributed by atoms with Gasteiger partial charge >= 0.3 is 0 Å². The van der Waals surface area contributed by atoms with Gasteiger partial charge in [0.1, 0.15) is 29.3 Å². The number of piperazine rings is 1. The van der Waals surface area contributed by atoms with E-state index in [1.54, 1.807) is 48.7 Å². The maximum absolute atomic E-state index is 13.9. The summed E-state index contributed by atoms with van der Waals surface area (Å²) in [5.41, 5.74) is 3.58. The summed E-state index contributed by atoms with van der Waals surface area (Å²) in [6.07, 6.45) is 7.30. The number of amides is 4. The van der Waals surface area contributed by atoms with E-state index in [1.807, 2.05) is 29.2 Å². The molecular formula is C44H49FN10O6. The first-order chi connectivity index (χ1) is 29.7. The van der Waals surface area contributed by atoms with Gasteiger partial charge < -0.3 is 29.6 Å². The Morgan fingerprint density at radius 1 is 0.885 bits per heavy atom. The quantitative estimate of drug-likeness (QED) is 0.0549. The number of imidazole rings is 1. The van der Waals surface area contributed by atoms with Crippen LogP contribution in [0.2, 0.25) is 0 Å². The number of fused-ring (bicyclic) bond motifs is 1. The summed E-state index contributed by atoms with van der Waals surface area (Å²) in [5, 5.41) is 14.1. The second-order valence-electron chi connectivity index (χ2n) is 15.4. The lowest BCUT2D eigenvalue weighted by Gasteiger charge is -2.35. The van der Waals surface area contributed by atoms with Gasteiger partial charge in [0.25, 0.3) is 11.8 Å². The Kier molecular flexibility index (Phi) is 12.9. The van der Waals surface area contributed by atoms with E-state index in [0.29, 0.717) is 50.3 Å². The molecule has 16 nitrogen and oxygen atoms in total. The molecule has 61 heavy (non-hydrogen) atoms. The SMILES string of the molecule is N=C(/C=C\c1ncc(-c2cccc(N3CCN(CCOCCOCCNc4ccc5c(c4)C(=O)N(C4CCC(=O)NC4=O)C5=O)CC3)n2)[nH]1)N1CCCC1c1cccc(F)c1. The third-order valence-electron chi connectivity index (χ3n) is 11.4. The van der Waals surface area contributed by atoms with Gasteiger partial charge in [-0.3, -0.25) is 39.7 Å². The van der Waals surface area contributed by atoms with Crippen LogP contribution in [0, 0.1) is 11.2 Å². The molecule has 4 aliphatic heterocycles. The Hall–Kier alpha value is -6.30. The molecule has 2 atom stereocenters. The summed E-state index contributed by atoms with van der Waals surface area (Å²) in [6.45, 7) is 7.40. The van der Waals surface area contributed by atoms with Crippen LogP contribution in [-0.4, -0.2) is 137 Å². The Balaban J connectivity index is 0.706. The minimum Gasteiger partial charge on any atom is -0.383 e. The second kappa shape index (κ2) is 19.0. The number of amidine groups is 1. The van der Waals surface area contributed by atoms with Gasteiger partial charge in [0.2, 0.25) is 11.8 Å². The number of piperidine rings is 1. The molecular weight excluding hydrogens is 784 g/mol. The van der Waals surface area contributed by atoms with E-state index in [0.717, 1.165) is 79.8 Å². The Morgan fingerprint density at radius 2 is 1.69 bits per heavy atom. The smallest absolute Gasteiger partial charge is 0.262 e. The number of pyridine rings is 1. The number of imide groups is 2. The van der Waals surface area contributed by atoms with E-state index in [4.69, 9.17) is 19.9 Å². The maximum Gasteiger partial charge on any atom is 0.262 e. The minimum atomic E-state index is -0.996. The molecule has 3 saturated heterocycles. The largest absolute Gasteiger partial charge is 0.383 e. The summed E-state index contributed by atoms with van der Waals surface area (Å²) in [7, 11) is 0. The number of H-pyrrole nitrogens is 1. The van der Waals surface area contributed by atoms with Gasteiger partial charge in [-0.15, -0.1) is 0 Å². The van der Waals surface area contributed by atoms with E-state index >= 15 is 0 Å². The van der Waals surface area contributed by atoms with Crippen molar-refractivity contribution in [3.8, 4) is 11.4 Å². The highest BCUT2D eigenvalue weighted by atomic mass is 19.1. The van der Waals surface area contributed by atoms with E-state index in [1.165, 1.54) is 6.07 Å². The topological polar surface area (TPSA) is 189 Å². The molecule has 0 bridgehead atoms. The summed E-state index contributed by atoms with van der Waals surface area (Å²) in [5.74, 6) is -0.484. The van der Waals surface area contributed by atoms with Crippen molar-refractivity contribution in [1.29, 1.82) is 5.41 Å². The number of anilines is 2. The summed E-state index contributed by atoms with van der Waals surface area (Å²) >= 11 is 0. The average molecular weight is 833 g/mol. The highest BCUT2D eigenvalue weighted by Crippen LogP contribution is 2.33. The molecule has 4 aliphatic rings. The molecule has 0 saturated carbocycles. The van der Waals surface area contributed by atoms with E-state index < -0.39 is 29.7 Å². The molecule has 2 unspecified atom stereocenters. The molecule has 0 spiro atoms. The van der Waals surface area contributed by atoms with Gasteiger partial charge in [-0.25, -0.2) is 14.4 Å². The zero-order chi connectivity index (χ0) is 42.3. The van der Waals surface area contributed by atoms with E-state index in [-0.39, 0.29) is 35.8 Å². The van der Waals surface area contributed by atoms with Crippen molar-refractivity contribution in [1.82, 2.24) is 35.0 Å². The molecule has 6 heterocycles. The van der Waals surface area contributed by atoms with Crippen molar-refractivity contribution in [3.63, 3.8) is 0 Å². The zero-order valence-electron chi connectivity index (χ0n) is 33.8. The standard InChI is InChI=1S/C44H49FN10O6/c45-30-5-1-4-29(26-30)36-7-3-16-54(36)38(46)12-13-39-48-28-35(49-39)34-6-2-8-40(50-34)53-19-17-52(18-20-53)21-23-61-25-24-60-22-15-47-31-9-10-32-33(27-31)44(59)55(43(32)58)37-11-14-41(56)51-42(37)57/h1-2,4-6,8-10,12-13,26-28,36-37,46-47H,3,7,11,14-25H2,(H,48,49)(H,51,56,57)/b13-12-,46-38?. The highest BCUT2D eigenvalue weighted by molar-refractivity contribution is 6.23. The number of aromatic amines is 1. The van der Waals surface area contributed by atoms with Gasteiger partial charge in [-0.2, -0.15) is 0 Å². The Labute approximate surface area is 352 Å². The number of ether oxygens (including phenoxy) is 2. The lowest BCUT2D eigenvalue weighted by atomic mass is 10.0. The molecule has 4 aromatic rings. The second-order valence-corrected chi connectivity index (χ2v) is 15.4. The number of aromatic nitrogens is 3. The van der Waals surface area contributed by atoms with Crippen molar-refractivity contribution < 1.29 is 33.0 Å². The van der Waals surface area contributed by atoms with Crippen LogP contribution in [0.15, 0.2) is 72.9 Å². The Morgan fingerprint density at radius 3 is 2.51 bits per heavy atom. The van der Waals surface area contributed by atoms with Crippen molar-refractivity contribution in [2.45, 2.75) is 37.8 Å². The van der Waals surface area contributed by atoms with Crippen molar-refractivity contribution in [2.75, 3.05) is 82.5 Å². The van der Waals surface area contributed by atoms with Crippen LogP contribution in [0.25, 0.3) is 17.5 Å². The zero-order valence-corrected chi connectivity index (χ0v) is 33.8. The minimum absolute atomic E-state index is 0.0161. The maximum atomic E-state index is 13.9. The van der Waals surface area contributed by atoms with Crippen LogP contribution in [-0.2, 0) is 19.1 Å². The average Bonchev–Trinajstić information content (AvgIpc) is 4.02. The van der Waals surface area contributed by atoms with Crippen LogP contribution in [0.1, 0.15) is 63.8 Å². The van der Waals surface area contributed by atoms with Crippen LogP contribution in [0.3, 0.4) is 0 Å². The van der Waals surface area contributed by atoms with Crippen LogP contribution >= 0.6 is 0 Å². The van der Waals surface area contributed by atoms with Crippen LogP contribution < -0.4 is 15.5 Å². The number of nitrogens with one attached hydrogen (secondary N) is 4. The molecule has 2 aromatic carbocycles. The normalized spacial score (nSPS) is 19.6. The number of hydrogen-bond donors (Lipinski definition) is 4. The third-order valence-corrected chi connectivity index (χ3v) is 11.4.